The van der Waals surface area contributed by atoms with Gasteiger partial charge in [0.05, 0.1) is 17.9 Å². The first-order valence-corrected chi connectivity index (χ1v) is 6.56. The number of rotatable bonds is 5. The highest BCUT2D eigenvalue weighted by atomic mass is 32.1. The summed E-state index contributed by atoms with van der Waals surface area (Å²) in [5.74, 6) is -0.265. The largest absolute Gasteiger partial charge is 0.366 e. The Labute approximate surface area is 115 Å². The average molecular weight is 272 g/mol. The van der Waals surface area contributed by atoms with Crippen molar-refractivity contribution in [3.63, 3.8) is 0 Å². The summed E-state index contributed by atoms with van der Waals surface area (Å²) in [6, 6.07) is 12.8. The van der Waals surface area contributed by atoms with Crippen molar-refractivity contribution in [2.24, 2.45) is 0 Å². The molecule has 0 spiro atoms. The molecule has 19 heavy (non-hydrogen) atoms. The standard InChI is InChI=1S/C14H12N2O2S/c15-8-11-4-1-2-6-13(11)16-14(17)10-18-9-12-5-3-7-19-12/h1-7H,9-10H2,(H,16,17). The fourth-order valence-corrected chi connectivity index (χ4v) is 2.16. The minimum Gasteiger partial charge on any atom is -0.366 e. The van der Waals surface area contributed by atoms with E-state index >= 15 is 0 Å². The summed E-state index contributed by atoms with van der Waals surface area (Å²) in [5, 5.41) is 13.5. The first-order chi connectivity index (χ1) is 9.29. The van der Waals surface area contributed by atoms with Crippen LogP contribution in [0.15, 0.2) is 41.8 Å². The maximum absolute atomic E-state index is 11.7. The van der Waals surface area contributed by atoms with Crippen molar-refractivity contribution < 1.29 is 9.53 Å². The second-order valence-corrected chi connectivity index (χ2v) is 4.81. The van der Waals surface area contributed by atoms with Crippen molar-refractivity contribution in [1.29, 1.82) is 5.26 Å². The molecule has 2 aromatic rings. The van der Waals surface area contributed by atoms with E-state index in [4.69, 9.17) is 10.00 Å². The number of nitrogens with zero attached hydrogens (tertiary/aromatic N) is 1. The van der Waals surface area contributed by atoms with E-state index in [1.165, 1.54) is 0 Å². The summed E-state index contributed by atoms with van der Waals surface area (Å²) >= 11 is 1.58. The van der Waals surface area contributed by atoms with Crippen LogP contribution in [0.2, 0.25) is 0 Å². The van der Waals surface area contributed by atoms with E-state index in [1.807, 2.05) is 23.6 Å². The molecular weight excluding hydrogens is 260 g/mol. The molecule has 1 aromatic carbocycles. The van der Waals surface area contributed by atoms with E-state index in [2.05, 4.69) is 5.32 Å². The summed E-state index contributed by atoms with van der Waals surface area (Å²) in [7, 11) is 0. The lowest BCUT2D eigenvalue weighted by molar-refractivity contribution is -0.120. The third-order valence-corrected chi connectivity index (χ3v) is 3.23. The minimum atomic E-state index is -0.265. The predicted octanol–water partition coefficient (Wildman–Crippen LogP) is 2.78. The maximum atomic E-state index is 11.7. The molecule has 0 atom stereocenters. The molecule has 1 amide bonds. The Kier molecular flexibility index (Phi) is 4.67. The fraction of sp³-hybridized carbons (Fsp3) is 0.143. The molecule has 5 heteroatoms. The van der Waals surface area contributed by atoms with Gasteiger partial charge in [-0.2, -0.15) is 5.26 Å². The zero-order valence-electron chi connectivity index (χ0n) is 10.1. The van der Waals surface area contributed by atoms with Gasteiger partial charge in [0.15, 0.2) is 0 Å². The summed E-state index contributed by atoms with van der Waals surface area (Å²) in [6.45, 7) is 0.392. The average Bonchev–Trinajstić information content (AvgIpc) is 2.92. The van der Waals surface area contributed by atoms with E-state index in [0.29, 0.717) is 17.9 Å². The molecule has 0 aliphatic heterocycles. The Morgan fingerprint density at radius 2 is 2.16 bits per heavy atom. The number of nitrogens with one attached hydrogen (secondary N) is 1. The van der Waals surface area contributed by atoms with Crippen molar-refractivity contribution in [1.82, 2.24) is 0 Å². The van der Waals surface area contributed by atoms with Gasteiger partial charge in [-0.15, -0.1) is 11.3 Å². The van der Waals surface area contributed by atoms with Gasteiger partial charge in [-0.1, -0.05) is 18.2 Å². The Morgan fingerprint density at radius 1 is 1.32 bits per heavy atom. The van der Waals surface area contributed by atoms with Crippen LogP contribution >= 0.6 is 11.3 Å². The molecule has 0 radical (unpaired) electrons. The SMILES string of the molecule is N#Cc1ccccc1NC(=O)COCc1cccs1. The number of benzene rings is 1. The molecule has 2 rings (SSSR count). The number of hydrogen-bond acceptors (Lipinski definition) is 4. The van der Waals surface area contributed by atoms with Crippen LogP contribution in [0.25, 0.3) is 0 Å². The van der Waals surface area contributed by atoms with Crippen LogP contribution in [0.1, 0.15) is 10.4 Å². The van der Waals surface area contributed by atoms with Gasteiger partial charge in [-0.05, 0) is 23.6 Å². The third kappa shape index (κ3) is 3.91. The van der Waals surface area contributed by atoms with Crippen molar-refractivity contribution >= 4 is 22.9 Å². The Balaban J connectivity index is 1.83. The van der Waals surface area contributed by atoms with E-state index in [0.717, 1.165) is 4.88 Å². The molecular formula is C14H12N2O2S. The first-order valence-electron chi connectivity index (χ1n) is 5.68. The number of ether oxygens (including phenoxy) is 1. The van der Waals surface area contributed by atoms with E-state index in [1.54, 1.807) is 35.6 Å². The zero-order chi connectivity index (χ0) is 13.5. The highest BCUT2D eigenvalue weighted by molar-refractivity contribution is 7.09. The Hall–Kier alpha value is -2.16. The molecule has 0 unspecified atom stereocenters. The van der Waals surface area contributed by atoms with Crippen LogP contribution in [0, 0.1) is 11.3 Å². The zero-order valence-corrected chi connectivity index (χ0v) is 10.9. The number of carbonyl (C=O) groups excluding carboxylic acids is 1. The second-order valence-electron chi connectivity index (χ2n) is 3.78. The molecule has 0 bridgehead atoms. The number of hydrogen-bond donors (Lipinski definition) is 1. The number of amides is 1. The lowest BCUT2D eigenvalue weighted by atomic mass is 10.2. The summed E-state index contributed by atoms with van der Waals surface area (Å²) in [4.78, 5) is 12.7. The van der Waals surface area contributed by atoms with Crippen LogP contribution in [-0.2, 0) is 16.1 Å². The topological polar surface area (TPSA) is 62.1 Å². The molecule has 0 fully saturated rings. The molecule has 4 nitrogen and oxygen atoms in total. The molecule has 0 aliphatic carbocycles. The fourth-order valence-electron chi connectivity index (χ4n) is 1.51. The van der Waals surface area contributed by atoms with Crippen LogP contribution in [-0.4, -0.2) is 12.5 Å². The Morgan fingerprint density at radius 3 is 2.89 bits per heavy atom. The van der Waals surface area contributed by atoms with Gasteiger partial charge in [-0.3, -0.25) is 4.79 Å². The third-order valence-electron chi connectivity index (χ3n) is 2.38. The summed E-state index contributed by atoms with van der Waals surface area (Å²) < 4.78 is 5.30. The van der Waals surface area contributed by atoms with Crippen molar-refractivity contribution in [3.05, 3.63) is 52.2 Å². The molecule has 1 heterocycles. The van der Waals surface area contributed by atoms with Crippen LogP contribution < -0.4 is 5.32 Å². The highest BCUT2D eigenvalue weighted by Crippen LogP contribution is 2.13. The van der Waals surface area contributed by atoms with Gasteiger partial charge in [0.25, 0.3) is 0 Å². The lowest BCUT2D eigenvalue weighted by Crippen LogP contribution is -2.18. The van der Waals surface area contributed by atoms with Crippen molar-refractivity contribution in [2.45, 2.75) is 6.61 Å². The van der Waals surface area contributed by atoms with Gasteiger partial charge in [0, 0.05) is 4.88 Å². The molecule has 0 aliphatic rings. The van der Waals surface area contributed by atoms with E-state index < -0.39 is 0 Å². The number of carbonyl (C=O) groups is 1. The minimum absolute atomic E-state index is 0.0301. The van der Waals surface area contributed by atoms with Crippen molar-refractivity contribution in [3.8, 4) is 6.07 Å². The van der Waals surface area contributed by atoms with Gasteiger partial charge in [0.1, 0.15) is 12.7 Å². The molecule has 0 saturated heterocycles. The van der Waals surface area contributed by atoms with Gasteiger partial charge < -0.3 is 10.1 Å². The summed E-state index contributed by atoms with van der Waals surface area (Å²) in [5.41, 5.74) is 0.948. The number of thiophene rings is 1. The number of para-hydroxylation sites is 1. The quantitative estimate of drug-likeness (QED) is 0.910. The van der Waals surface area contributed by atoms with E-state index in [-0.39, 0.29) is 12.5 Å². The summed E-state index contributed by atoms with van der Waals surface area (Å²) in [6.07, 6.45) is 0. The van der Waals surface area contributed by atoms with Crippen LogP contribution in [0.3, 0.4) is 0 Å². The van der Waals surface area contributed by atoms with Crippen molar-refractivity contribution in [2.75, 3.05) is 11.9 Å². The normalized spacial score (nSPS) is 9.84. The van der Waals surface area contributed by atoms with Gasteiger partial charge in [0.2, 0.25) is 5.91 Å². The highest BCUT2D eigenvalue weighted by Gasteiger charge is 2.06. The monoisotopic (exact) mass is 272 g/mol. The molecule has 96 valence electrons. The van der Waals surface area contributed by atoms with Crippen LogP contribution in [0.5, 0.6) is 0 Å². The number of anilines is 1. The van der Waals surface area contributed by atoms with E-state index in [9.17, 15) is 4.79 Å². The smallest absolute Gasteiger partial charge is 0.250 e. The van der Waals surface area contributed by atoms with Crippen LogP contribution in [0.4, 0.5) is 5.69 Å². The van der Waals surface area contributed by atoms with Gasteiger partial charge in [-0.25, -0.2) is 0 Å². The first kappa shape index (κ1) is 13.3. The Bertz CT molecular complexity index is 588. The maximum Gasteiger partial charge on any atom is 0.250 e. The number of nitriles is 1. The second kappa shape index (κ2) is 6.69. The van der Waals surface area contributed by atoms with Gasteiger partial charge >= 0.3 is 0 Å². The predicted molar refractivity (Wildman–Crippen MR) is 73.8 cm³/mol. The molecule has 1 N–H and O–H groups in total. The lowest BCUT2D eigenvalue weighted by Gasteiger charge is -2.06. The molecule has 1 aromatic heterocycles. The molecule has 0 saturated carbocycles.